The van der Waals surface area contributed by atoms with Crippen LogP contribution in [0.15, 0.2) is 0 Å². The summed E-state index contributed by atoms with van der Waals surface area (Å²) in [5, 5.41) is 116. The Hall–Kier alpha value is -1.39. The molecule has 296 valence electrons. The summed E-state index contributed by atoms with van der Waals surface area (Å²) in [6, 6.07) is -1.27. The second kappa shape index (κ2) is 18.3. The number of rotatable bonds is 12. The lowest BCUT2D eigenvalue weighted by Gasteiger charge is -2.51. The molecular formula is C29H50N2O19S. The highest BCUT2D eigenvalue weighted by molar-refractivity contribution is 8.00. The van der Waals surface area contributed by atoms with Crippen LogP contribution < -0.4 is 5.32 Å². The number of amides is 1. The van der Waals surface area contributed by atoms with Crippen molar-refractivity contribution in [2.24, 2.45) is 0 Å². The van der Waals surface area contributed by atoms with Crippen molar-refractivity contribution in [2.75, 3.05) is 26.1 Å². The maximum Gasteiger partial charge on any atom is 0.217 e. The number of nitrogens with one attached hydrogen (secondary N) is 2. The summed E-state index contributed by atoms with van der Waals surface area (Å²) in [7, 11) is 1.27. The summed E-state index contributed by atoms with van der Waals surface area (Å²) in [5.74, 6) is -0.888. The average molecular weight is 763 g/mol. The zero-order valence-electron chi connectivity index (χ0n) is 28.2. The first-order valence-corrected chi connectivity index (χ1v) is 17.3. The molecule has 51 heavy (non-hydrogen) atoms. The second-order valence-corrected chi connectivity index (χ2v) is 13.8. The van der Waals surface area contributed by atoms with Crippen molar-refractivity contribution in [3.63, 3.8) is 0 Å². The van der Waals surface area contributed by atoms with Crippen LogP contribution in [-0.2, 0) is 42.7 Å². The Balaban J connectivity index is 1.75. The van der Waals surface area contributed by atoms with Gasteiger partial charge in [0.15, 0.2) is 24.8 Å². The van der Waals surface area contributed by atoms with Crippen LogP contribution in [0.2, 0.25) is 0 Å². The summed E-state index contributed by atoms with van der Waals surface area (Å²) >= 11 is 0.958. The molecule has 0 spiro atoms. The van der Waals surface area contributed by atoms with Crippen molar-refractivity contribution in [1.29, 1.82) is 5.41 Å². The first-order chi connectivity index (χ1) is 24.0. The third kappa shape index (κ3) is 9.47. The minimum atomic E-state index is -1.92. The zero-order valence-corrected chi connectivity index (χ0v) is 29.0. The summed E-state index contributed by atoms with van der Waals surface area (Å²) in [4.78, 5) is 12.6. The number of thioether (sulfide) groups is 1. The largest absolute Gasteiger partial charge is 0.484 e. The molecule has 20 atom stereocenters. The standard InChI is InChI=1S/C29H50N2O19S/c1-8-15(35)18(38)21(41)26(44-8)48-23-12(6-33)47-29(51-7-13(30)43-4)14(31-10(3)34)24(23)49-28-25(20(40)17(37)11(5-32)46-28)50-27-22(42)19(39)16(36)9(2)45-27/h8-9,11-12,14-30,32-33,35-42H,5-7H2,1-4H3,(H,31,34)/t8?,9?,11?,12?,14?,15-,16-,17+,18?,19?,20?,21?,22?,23-,24?,25?,26+,27+,28+,29+/m1/s1. The van der Waals surface area contributed by atoms with Gasteiger partial charge in [0.05, 0.1) is 44.3 Å². The van der Waals surface area contributed by atoms with Gasteiger partial charge < -0.3 is 94.3 Å². The Morgan fingerprint density at radius 3 is 1.67 bits per heavy atom. The summed E-state index contributed by atoms with van der Waals surface area (Å²) in [5.41, 5.74) is -1.12. The molecule has 12 N–H and O–H groups in total. The number of methoxy groups -OCH3 is 1. The fraction of sp³-hybridized carbons (Fsp3) is 0.931. The van der Waals surface area contributed by atoms with Gasteiger partial charge in [-0.15, -0.1) is 11.8 Å². The van der Waals surface area contributed by atoms with Crippen molar-refractivity contribution in [3.05, 3.63) is 0 Å². The fourth-order valence-electron chi connectivity index (χ4n) is 6.15. The molecule has 0 aromatic carbocycles. The van der Waals surface area contributed by atoms with Gasteiger partial charge in [0.25, 0.3) is 0 Å². The van der Waals surface area contributed by atoms with Gasteiger partial charge in [-0.1, -0.05) is 0 Å². The Morgan fingerprint density at radius 2 is 1.18 bits per heavy atom. The van der Waals surface area contributed by atoms with Gasteiger partial charge in [0.1, 0.15) is 84.8 Å². The number of carbonyl (C=O) groups is 1. The molecule has 4 aliphatic rings. The molecule has 4 rings (SSSR count). The van der Waals surface area contributed by atoms with E-state index < -0.39 is 141 Å². The SMILES string of the molecule is COC(=N)CS[C@@H]1OC(CO)[C@@H](O[C@@H]2OC(C)[C@@H](O)C(O)C2O)C(O[C@@H]2OC(CO)[C@H](O)C(O)C2O[C@@H]2OC(C)[C@@H](O)C(O)C2O)C1NC(C)=O. The van der Waals surface area contributed by atoms with Crippen molar-refractivity contribution in [3.8, 4) is 0 Å². The van der Waals surface area contributed by atoms with Crippen LogP contribution in [-0.4, -0.2) is 211 Å². The number of carbonyl (C=O) groups excluding carboxylic acids is 1. The molecule has 0 aliphatic carbocycles. The molecule has 0 bridgehead atoms. The molecule has 4 fully saturated rings. The van der Waals surface area contributed by atoms with E-state index in [2.05, 4.69) is 5.32 Å². The third-order valence-electron chi connectivity index (χ3n) is 9.14. The van der Waals surface area contributed by atoms with Gasteiger partial charge in [0.2, 0.25) is 5.91 Å². The predicted octanol–water partition coefficient (Wildman–Crippen LogP) is -6.19. The quantitative estimate of drug-likeness (QED) is 0.0650. The highest BCUT2D eigenvalue weighted by Crippen LogP contribution is 2.37. The summed E-state index contributed by atoms with van der Waals surface area (Å²) in [6.45, 7) is 2.35. The molecule has 0 saturated carbocycles. The zero-order chi connectivity index (χ0) is 37.9. The van der Waals surface area contributed by atoms with E-state index in [1.807, 2.05) is 0 Å². The molecular weight excluding hydrogens is 712 g/mol. The summed E-state index contributed by atoms with van der Waals surface area (Å²) < 4.78 is 46.2. The van der Waals surface area contributed by atoms with Crippen LogP contribution in [0.1, 0.15) is 20.8 Å². The van der Waals surface area contributed by atoms with Crippen LogP contribution in [0.4, 0.5) is 0 Å². The van der Waals surface area contributed by atoms with E-state index in [0.29, 0.717) is 0 Å². The van der Waals surface area contributed by atoms with Gasteiger partial charge in [0, 0.05) is 6.92 Å². The maximum atomic E-state index is 12.6. The molecule has 4 heterocycles. The number of ether oxygens (including phenoxy) is 8. The molecule has 1 amide bonds. The molecule has 0 radical (unpaired) electrons. The fourth-order valence-corrected chi connectivity index (χ4v) is 7.24. The molecule has 12 unspecified atom stereocenters. The van der Waals surface area contributed by atoms with Gasteiger partial charge >= 0.3 is 0 Å². The van der Waals surface area contributed by atoms with E-state index in [9.17, 15) is 55.9 Å². The second-order valence-electron chi connectivity index (χ2n) is 12.8. The maximum absolute atomic E-state index is 12.6. The highest BCUT2D eigenvalue weighted by atomic mass is 32.2. The van der Waals surface area contributed by atoms with E-state index in [4.69, 9.17) is 43.3 Å². The number of hydrogen-bond donors (Lipinski definition) is 12. The van der Waals surface area contributed by atoms with Crippen molar-refractivity contribution in [2.45, 2.75) is 143 Å². The molecule has 0 aromatic heterocycles. The van der Waals surface area contributed by atoms with Crippen molar-refractivity contribution >= 4 is 23.6 Å². The monoisotopic (exact) mass is 762 g/mol. The third-order valence-corrected chi connectivity index (χ3v) is 10.3. The lowest BCUT2D eigenvalue weighted by molar-refractivity contribution is -0.383. The molecule has 21 nitrogen and oxygen atoms in total. The molecule has 22 heteroatoms. The Morgan fingerprint density at radius 1 is 0.667 bits per heavy atom. The molecule has 4 saturated heterocycles. The van der Waals surface area contributed by atoms with Crippen LogP contribution in [0.3, 0.4) is 0 Å². The van der Waals surface area contributed by atoms with Gasteiger partial charge in [-0.05, 0) is 13.8 Å². The Bertz CT molecular complexity index is 1150. The highest BCUT2D eigenvalue weighted by Gasteiger charge is 2.56. The van der Waals surface area contributed by atoms with E-state index >= 15 is 0 Å². The van der Waals surface area contributed by atoms with Crippen molar-refractivity contribution in [1.82, 2.24) is 5.32 Å². The van der Waals surface area contributed by atoms with Crippen LogP contribution >= 0.6 is 11.8 Å². The Kier molecular flexibility index (Phi) is 15.2. The Labute approximate surface area is 296 Å². The lowest BCUT2D eigenvalue weighted by atomic mass is 9.95. The van der Waals surface area contributed by atoms with Crippen LogP contribution in [0, 0.1) is 5.41 Å². The van der Waals surface area contributed by atoms with Gasteiger partial charge in [-0.25, -0.2) is 0 Å². The van der Waals surface area contributed by atoms with Gasteiger partial charge in [-0.3, -0.25) is 10.2 Å². The number of hydrogen-bond acceptors (Lipinski definition) is 21. The minimum absolute atomic E-state index is 0.0912. The first-order valence-electron chi connectivity index (χ1n) is 16.3. The predicted molar refractivity (Wildman–Crippen MR) is 168 cm³/mol. The smallest absolute Gasteiger partial charge is 0.217 e. The lowest BCUT2D eigenvalue weighted by Crippen LogP contribution is -2.69. The first kappa shape index (κ1) is 42.4. The minimum Gasteiger partial charge on any atom is -0.484 e. The van der Waals surface area contributed by atoms with Crippen LogP contribution in [0.5, 0.6) is 0 Å². The van der Waals surface area contributed by atoms with E-state index in [1.165, 1.54) is 27.9 Å². The van der Waals surface area contributed by atoms with E-state index in [-0.39, 0.29) is 11.7 Å². The average Bonchev–Trinajstić information content (AvgIpc) is 3.10. The summed E-state index contributed by atoms with van der Waals surface area (Å²) in [6.07, 6.45) is -29.0. The van der Waals surface area contributed by atoms with E-state index in [0.717, 1.165) is 11.8 Å². The van der Waals surface area contributed by atoms with E-state index in [1.54, 1.807) is 0 Å². The van der Waals surface area contributed by atoms with Crippen LogP contribution in [0.25, 0.3) is 0 Å². The number of aliphatic hydroxyl groups is 10. The van der Waals surface area contributed by atoms with Gasteiger partial charge in [-0.2, -0.15) is 0 Å². The molecule has 4 aliphatic heterocycles. The van der Waals surface area contributed by atoms with Crippen molar-refractivity contribution < 1.29 is 93.8 Å². The topological polar surface area (TPSA) is 329 Å². The molecule has 0 aromatic rings. The normalized spacial score (nSPS) is 47.8. The number of aliphatic hydroxyl groups excluding tert-OH is 10.